The van der Waals surface area contributed by atoms with Gasteiger partial charge in [0, 0.05) is 7.11 Å². The minimum atomic E-state index is -3.67. The Bertz CT molecular complexity index is 48.3. The van der Waals surface area contributed by atoms with Crippen molar-refractivity contribution in [3.63, 3.8) is 0 Å². The molecule has 0 heterocycles. The zero-order valence-electron chi connectivity index (χ0n) is 5.70. The van der Waals surface area contributed by atoms with Gasteiger partial charge in [0.25, 0.3) is 0 Å². The Morgan fingerprint density at radius 2 is 1.33 bits per heavy atom. The lowest BCUT2D eigenvalue weighted by Gasteiger charge is -1.92. The molecule has 0 atom stereocenters. The van der Waals surface area contributed by atoms with E-state index in [-0.39, 0.29) is 0 Å². The van der Waals surface area contributed by atoms with Crippen LogP contribution in [0.4, 0.5) is 13.2 Å². The van der Waals surface area contributed by atoms with Crippen LogP contribution in [0.5, 0.6) is 0 Å². The van der Waals surface area contributed by atoms with Gasteiger partial charge in [0.05, 0.1) is 0 Å². The minimum Gasteiger partial charge on any atom is -0.424 e. The Labute approximate surface area is 54.6 Å². The third-order valence-corrected chi connectivity index (χ3v) is 1.41. The summed E-state index contributed by atoms with van der Waals surface area (Å²) in [6.45, 7) is 0.611. The number of hydrogen-bond donors (Lipinski definition) is 0. The van der Waals surface area contributed by atoms with Gasteiger partial charge in [-0.25, -0.2) is 0 Å². The summed E-state index contributed by atoms with van der Waals surface area (Å²) >= 11 is 0. The molecule has 0 radical (unpaired) electrons. The van der Waals surface area contributed by atoms with E-state index in [0.717, 1.165) is 0 Å². The lowest BCUT2D eigenvalue weighted by Crippen LogP contribution is -2.00. The van der Waals surface area contributed by atoms with Gasteiger partial charge in [-0.15, -0.1) is 0 Å². The van der Waals surface area contributed by atoms with E-state index in [2.05, 4.69) is 13.1 Å². The third kappa shape index (κ3) is 73.3. The van der Waals surface area contributed by atoms with E-state index in [9.17, 15) is 13.2 Å². The van der Waals surface area contributed by atoms with Gasteiger partial charge in [-0.2, -0.15) is 13.2 Å². The predicted molar refractivity (Wildman–Crippen MR) is 33.0 cm³/mol. The number of halogens is 3. The van der Waals surface area contributed by atoms with E-state index in [0.29, 0.717) is 0 Å². The molecule has 58 valence electrons. The first-order chi connectivity index (χ1) is 4.00. The van der Waals surface area contributed by atoms with Crippen LogP contribution in [0.15, 0.2) is 0 Å². The molecule has 0 aliphatic carbocycles. The second-order valence-electron chi connectivity index (χ2n) is 1.53. The fourth-order valence-corrected chi connectivity index (χ4v) is 0. The van der Waals surface area contributed by atoms with Crippen molar-refractivity contribution >= 4 is 9.04 Å². The van der Waals surface area contributed by atoms with Crippen molar-refractivity contribution in [2.24, 2.45) is 0 Å². The van der Waals surface area contributed by atoms with E-state index < -0.39 is 15.7 Å². The third-order valence-electron chi connectivity index (χ3n) is 0.471. The molecule has 0 aromatic carbocycles. The maximum Gasteiger partial charge on any atom is 0.379 e. The smallest absolute Gasteiger partial charge is 0.379 e. The summed E-state index contributed by atoms with van der Waals surface area (Å²) in [5.74, 6) is 0. The highest BCUT2D eigenvalue weighted by Crippen LogP contribution is 1.87. The summed E-state index contributed by atoms with van der Waals surface area (Å²) in [5, 5.41) is 0. The van der Waals surface area contributed by atoms with Crippen molar-refractivity contribution in [1.29, 1.82) is 0 Å². The molecule has 0 amide bonds. The maximum absolute atomic E-state index is 9.67. The normalized spacial score (nSPS) is 9.33. The highest BCUT2D eigenvalue weighted by atomic mass is 28.3. The SMILES string of the molecule is CO[SiH](C)C.FC(F)F. The van der Waals surface area contributed by atoms with Crippen molar-refractivity contribution in [3.05, 3.63) is 0 Å². The monoisotopic (exact) mass is 160 g/mol. The van der Waals surface area contributed by atoms with E-state index in [4.69, 9.17) is 4.43 Å². The fourth-order valence-electron chi connectivity index (χ4n) is 0. The zero-order chi connectivity index (χ0) is 7.86. The first-order valence-corrected chi connectivity index (χ1v) is 5.23. The van der Waals surface area contributed by atoms with Crippen LogP contribution in [0.2, 0.25) is 13.1 Å². The lowest BCUT2D eigenvalue weighted by atomic mass is 11.6. The highest BCUT2D eigenvalue weighted by Gasteiger charge is 1.86. The Kier molecular flexibility index (Phi) is 10.4. The molecule has 0 unspecified atom stereocenters. The van der Waals surface area contributed by atoms with E-state index in [1.807, 2.05) is 0 Å². The average Bonchev–Trinajstić information content (AvgIpc) is 1.65. The number of alkyl halides is 3. The Hall–Kier alpha value is -0.0331. The van der Waals surface area contributed by atoms with Gasteiger partial charge < -0.3 is 4.43 Å². The second kappa shape index (κ2) is 7.97. The van der Waals surface area contributed by atoms with Crippen molar-refractivity contribution in [3.8, 4) is 0 Å². The molecule has 0 spiro atoms. The first-order valence-electron chi connectivity index (χ1n) is 2.45. The van der Waals surface area contributed by atoms with Crippen LogP contribution in [0.25, 0.3) is 0 Å². The zero-order valence-corrected chi connectivity index (χ0v) is 6.85. The van der Waals surface area contributed by atoms with E-state index in [1.54, 1.807) is 7.11 Å². The molecular formula is C4H11F3OSi. The number of hydrogen-bond acceptors (Lipinski definition) is 1. The summed E-state index contributed by atoms with van der Waals surface area (Å²) in [4.78, 5) is 0. The van der Waals surface area contributed by atoms with Crippen LogP contribution in [0.3, 0.4) is 0 Å². The fraction of sp³-hybridized carbons (Fsp3) is 1.00. The van der Waals surface area contributed by atoms with E-state index in [1.165, 1.54) is 0 Å². The van der Waals surface area contributed by atoms with Gasteiger partial charge in [0.1, 0.15) is 0 Å². The van der Waals surface area contributed by atoms with Crippen molar-refractivity contribution in [1.82, 2.24) is 0 Å². The molecule has 0 saturated heterocycles. The molecule has 0 saturated carbocycles. The standard InChI is InChI=1S/C3H10OSi.CHF3/c1-4-5(2)3;2-1(3)4/h5H,1-3H3;1H. The summed E-state index contributed by atoms with van der Waals surface area (Å²) in [7, 11) is 1.11. The average molecular weight is 160 g/mol. The van der Waals surface area contributed by atoms with Gasteiger partial charge in [-0.1, -0.05) is 0 Å². The first kappa shape index (κ1) is 11.7. The van der Waals surface area contributed by atoms with Gasteiger partial charge in [0.2, 0.25) is 0 Å². The van der Waals surface area contributed by atoms with Gasteiger partial charge in [0.15, 0.2) is 9.04 Å². The summed E-state index contributed by atoms with van der Waals surface area (Å²) in [6.07, 6.45) is 0. The molecule has 0 fully saturated rings. The molecule has 5 heteroatoms. The molecule has 0 aromatic rings. The van der Waals surface area contributed by atoms with Crippen LogP contribution in [0.1, 0.15) is 0 Å². The van der Waals surface area contributed by atoms with Crippen molar-refractivity contribution < 1.29 is 17.6 Å². The molecule has 0 aromatic heterocycles. The molecule has 1 nitrogen and oxygen atoms in total. The Morgan fingerprint density at radius 1 is 1.22 bits per heavy atom. The van der Waals surface area contributed by atoms with Crippen LogP contribution < -0.4 is 0 Å². The van der Waals surface area contributed by atoms with Gasteiger partial charge in [-0.05, 0) is 13.1 Å². The number of rotatable bonds is 1. The summed E-state index contributed by atoms with van der Waals surface area (Å²) in [6, 6.07) is 0. The molecule has 0 aliphatic heterocycles. The Morgan fingerprint density at radius 3 is 1.33 bits per heavy atom. The summed E-state index contributed by atoms with van der Waals surface area (Å²) in [5.41, 5.74) is 0. The minimum absolute atomic E-state index is 0.650. The topological polar surface area (TPSA) is 9.23 Å². The van der Waals surface area contributed by atoms with Gasteiger partial charge in [-0.3, -0.25) is 0 Å². The molecule has 0 aliphatic rings. The van der Waals surface area contributed by atoms with Crippen LogP contribution in [-0.2, 0) is 4.43 Å². The molecule has 0 rings (SSSR count). The quantitative estimate of drug-likeness (QED) is 0.531. The Balaban J connectivity index is 0. The largest absolute Gasteiger partial charge is 0.424 e. The van der Waals surface area contributed by atoms with Crippen LogP contribution in [0, 0.1) is 0 Å². The molecule has 0 N–H and O–H groups in total. The molecular weight excluding hydrogens is 149 g/mol. The predicted octanol–water partition coefficient (Wildman–Crippen LogP) is 1.79. The maximum atomic E-state index is 9.67. The molecule has 0 bridgehead atoms. The van der Waals surface area contributed by atoms with Crippen LogP contribution in [-0.4, -0.2) is 22.8 Å². The van der Waals surface area contributed by atoms with Crippen molar-refractivity contribution in [2.75, 3.05) is 7.11 Å². The lowest BCUT2D eigenvalue weighted by molar-refractivity contribution is 0.00819. The molecule has 9 heavy (non-hydrogen) atoms. The van der Waals surface area contributed by atoms with Crippen molar-refractivity contribution in [2.45, 2.75) is 19.8 Å². The van der Waals surface area contributed by atoms with E-state index >= 15 is 0 Å². The van der Waals surface area contributed by atoms with Crippen LogP contribution >= 0.6 is 0 Å². The van der Waals surface area contributed by atoms with Gasteiger partial charge >= 0.3 is 6.68 Å². The summed E-state index contributed by atoms with van der Waals surface area (Å²) < 4.78 is 33.9. The second-order valence-corrected chi connectivity index (χ2v) is 4.10. The highest BCUT2D eigenvalue weighted by molar-refractivity contribution is 6.48.